The molecule has 3 nitrogen and oxygen atoms in total. The van der Waals surface area contributed by atoms with Crippen LogP contribution in [0.25, 0.3) is 0 Å². The Morgan fingerprint density at radius 2 is 2.29 bits per heavy atom. The topological polar surface area (TPSA) is 35.5 Å². The first kappa shape index (κ1) is 13.1. The highest BCUT2D eigenvalue weighted by Crippen LogP contribution is 2.29. The maximum absolute atomic E-state index is 11.4. The average Bonchev–Trinajstić information content (AvgIpc) is 2.33. The van der Waals surface area contributed by atoms with Gasteiger partial charge < -0.3 is 9.47 Å². The molecule has 1 aromatic carbocycles. The van der Waals surface area contributed by atoms with Gasteiger partial charge >= 0.3 is 0 Å². The molecule has 0 bridgehead atoms. The van der Waals surface area contributed by atoms with Crippen LogP contribution in [-0.4, -0.2) is 23.4 Å². The normalized spacial score (nSPS) is 22.1. The SMILES string of the molecule is C[S@@](=O)c1ccc(Br)c(O[C@H]2CCCCO2)c1. The van der Waals surface area contributed by atoms with Crippen molar-refractivity contribution < 1.29 is 13.7 Å². The molecule has 0 aliphatic carbocycles. The van der Waals surface area contributed by atoms with Crippen LogP contribution in [0, 0.1) is 0 Å². The molecule has 2 atom stereocenters. The van der Waals surface area contributed by atoms with Crippen molar-refractivity contribution in [2.45, 2.75) is 30.4 Å². The zero-order valence-electron chi connectivity index (χ0n) is 9.65. The second kappa shape index (κ2) is 5.98. The molecule has 0 spiro atoms. The van der Waals surface area contributed by atoms with E-state index in [-0.39, 0.29) is 6.29 Å². The van der Waals surface area contributed by atoms with Gasteiger partial charge in [0.15, 0.2) is 6.29 Å². The van der Waals surface area contributed by atoms with Crippen molar-refractivity contribution in [2.24, 2.45) is 0 Å². The summed E-state index contributed by atoms with van der Waals surface area (Å²) in [5, 5.41) is 0. The van der Waals surface area contributed by atoms with Crippen LogP contribution in [0.2, 0.25) is 0 Å². The molecule has 1 aliphatic heterocycles. The van der Waals surface area contributed by atoms with Gasteiger partial charge in [-0.15, -0.1) is 0 Å². The fourth-order valence-corrected chi connectivity index (χ4v) is 2.57. The Labute approximate surface area is 112 Å². The van der Waals surface area contributed by atoms with E-state index in [1.54, 1.807) is 12.3 Å². The van der Waals surface area contributed by atoms with Crippen LogP contribution in [0.3, 0.4) is 0 Å². The predicted molar refractivity (Wildman–Crippen MR) is 70.7 cm³/mol. The Hall–Kier alpha value is -0.390. The number of benzene rings is 1. The van der Waals surface area contributed by atoms with Crippen LogP contribution < -0.4 is 4.74 Å². The molecule has 17 heavy (non-hydrogen) atoms. The van der Waals surface area contributed by atoms with Crippen molar-refractivity contribution in [1.82, 2.24) is 0 Å². The van der Waals surface area contributed by atoms with Crippen molar-refractivity contribution in [2.75, 3.05) is 12.9 Å². The van der Waals surface area contributed by atoms with E-state index in [0.717, 1.165) is 35.2 Å². The van der Waals surface area contributed by atoms with E-state index in [4.69, 9.17) is 9.47 Å². The predicted octanol–water partition coefficient (Wildman–Crippen LogP) is 3.09. The summed E-state index contributed by atoms with van der Waals surface area (Å²) in [7, 11) is -0.996. The third-order valence-electron chi connectivity index (χ3n) is 2.63. The van der Waals surface area contributed by atoms with Crippen LogP contribution >= 0.6 is 15.9 Å². The molecule has 0 aromatic heterocycles. The third kappa shape index (κ3) is 3.53. The Morgan fingerprint density at radius 3 is 2.94 bits per heavy atom. The van der Waals surface area contributed by atoms with Crippen molar-refractivity contribution in [1.29, 1.82) is 0 Å². The fraction of sp³-hybridized carbons (Fsp3) is 0.500. The summed E-state index contributed by atoms with van der Waals surface area (Å²) in [6.45, 7) is 0.752. The zero-order chi connectivity index (χ0) is 12.3. The summed E-state index contributed by atoms with van der Waals surface area (Å²) in [4.78, 5) is 0.763. The minimum atomic E-state index is -0.996. The van der Waals surface area contributed by atoms with E-state index in [9.17, 15) is 4.21 Å². The Balaban J connectivity index is 2.13. The van der Waals surface area contributed by atoms with E-state index < -0.39 is 10.8 Å². The molecule has 0 saturated carbocycles. The monoisotopic (exact) mass is 318 g/mol. The van der Waals surface area contributed by atoms with E-state index in [0.29, 0.717) is 5.75 Å². The lowest BCUT2D eigenvalue weighted by atomic mass is 10.2. The summed E-state index contributed by atoms with van der Waals surface area (Å²) >= 11 is 3.43. The maximum atomic E-state index is 11.4. The smallest absolute Gasteiger partial charge is 0.199 e. The Bertz CT molecular complexity index is 416. The van der Waals surface area contributed by atoms with Gasteiger partial charge in [-0.25, -0.2) is 0 Å². The van der Waals surface area contributed by atoms with Crippen LogP contribution in [0.4, 0.5) is 0 Å². The molecule has 0 radical (unpaired) electrons. The quantitative estimate of drug-likeness (QED) is 0.859. The lowest BCUT2D eigenvalue weighted by molar-refractivity contribution is -0.106. The summed E-state index contributed by atoms with van der Waals surface area (Å²) in [6.07, 6.45) is 4.61. The van der Waals surface area contributed by atoms with Crippen LogP contribution in [0.15, 0.2) is 27.6 Å². The van der Waals surface area contributed by atoms with Crippen LogP contribution in [0.5, 0.6) is 5.75 Å². The molecule has 0 N–H and O–H groups in total. The maximum Gasteiger partial charge on any atom is 0.199 e. The first-order valence-electron chi connectivity index (χ1n) is 5.58. The van der Waals surface area contributed by atoms with Crippen LogP contribution in [-0.2, 0) is 15.5 Å². The van der Waals surface area contributed by atoms with Gasteiger partial charge in [-0.2, -0.15) is 0 Å². The first-order chi connectivity index (χ1) is 8.16. The Kier molecular flexibility index (Phi) is 4.59. The lowest BCUT2D eigenvalue weighted by Gasteiger charge is -2.24. The third-order valence-corrected chi connectivity index (χ3v) is 4.20. The number of halogens is 1. The van der Waals surface area contributed by atoms with Crippen molar-refractivity contribution in [3.63, 3.8) is 0 Å². The Morgan fingerprint density at radius 1 is 1.47 bits per heavy atom. The van der Waals surface area contributed by atoms with E-state index in [1.807, 2.05) is 12.1 Å². The molecule has 0 unspecified atom stereocenters. The molecule has 5 heteroatoms. The number of rotatable bonds is 3. The van der Waals surface area contributed by atoms with E-state index in [2.05, 4.69) is 15.9 Å². The highest BCUT2D eigenvalue weighted by molar-refractivity contribution is 9.10. The van der Waals surface area contributed by atoms with Crippen LogP contribution in [0.1, 0.15) is 19.3 Å². The molecule has 1 heterocycles. The van der Waals surface area contributed by atoms with Gasteiger partial charge in [0.2, 0.25) is 0 Å². The highest BCUT2D eigenvalue weighted by Gasteiger charge is 2.17. The van der Waals surface area contributed by atoms with Crippen molar-refractivity contribution in [3.8, 4) is 5.75 Å². The second-order valence-corrected chi connectivity index (χ2v) is 6.19. The van der Waals surface area contributed by atoms with Gasteiger partial charge in [-0.3, -0.25) is 4.21 Å². The number of hydrogen-bond acceptors (Lipinski definition) is 3. The number of hydrogen-bond donors (Lipinski definition) is 0. The summed E-state index contributed by atoms with van der Waals surface area (Å²) in [5.74, 6) is 0.699. The minimum absolute atomic E-state index is 0.180. The summed E-state index contributed by atoms with van der Waals surface area (Å²) < 4.78 is 23.6. The van der Waals surface area contributed by atoms with Gasteiger partial charge in [-0.1, -0.05) is 0 Å². The zero-order valence-corrected chi connectivity index (χ0v) is 12.1. The second-order valence-electron chi connectivity index (χ2n) is 3.96. The molecule has 1 saturated heterocycles. The van der Waals surface area contributed by atoms with Gasteiger partial charge in [0.25, 0.3) is 0 Å². The largest absolute Gasteiger partial charge is 0.464 e. The summed E-state index contributed by atoms with van der Waals surface area (Å²) in [6, 6.07) is 5.49. The molecule has 1 fully saturated rings. The van der Waals surface area contributed by atoms with Gasteiger partial charge in [0.1, 0.15) is 5.75 Å². The molecule has 94 valence electrons. The number of ether oxygens (including phenoxy) is 2. The molecular formula is C12H15BrO3S. The fourth-order valence-electron chi connectivity index (χ4n) is 1.70. The standard InChI is InChI=1S/C12H15BrO3S/c1-17(14)9-5-6-10(13)11(8-9)16-12-4-2-3-7-15-12/h5-6,8,12H,2-4,7H2,1H3/t12-,17+/m0/s1. The highest BCUT2D eigenvalue weighted by atomic mass is 79.9. The van der Waals surface area contributed by atoms with Gasteiger partial charge in [-0.05, 0) is 47.0 Å². The molecule has 2 rings (SSSR count). The summed E-state index contributed by atoms with van der Waals surface area (Å²) in [5.41, 5.74) is 0. The van der Waals surface area contributed by atoms with Gasteiger partial charge in [0, 0.05) is 28.4 Å². The van der Waals surface area contributed by atoms with Gasteiger partial charge in [0.05, 0.1) is 11.1 Å². The van der Waals surface area contributed by atoms with Crippen molar-refractivity contribution in [3.05, 3.63) is 22.7 Å². The minimum Gasteiger partial charge on any atom is -0.464 e. The molecular weight excluding hydrogens is 304 g/mol. The first-order valence-corrected chi connectivity index (χ1v) is 7.93. The van der Waals surface area contributed by atoms with E-state index in [1.165, 1.54) is 0 Å². The van der Waals surface area contributed by atoms with Crippen molar-refractivity contribution >= 4 is 26.7 Å². The molecule has 1 aromatic rings. The molecule has 1 aliphatic rings. The average molecular weight is 319 g/mol. The van der Waals surface area contributed by atoms with E-state index >= 15 is 0 Å². The molecule has 0 amide bonds. The lowest BCUT2D eigenvalue weighted by Crippen LogP contribution is -2.25.